The molecule has 0 bridgehead atoms. The molecule has 1 aliphatic heterocycles. The Kier molecular flexibility index (Phi) is 6.90. The van der Waals surface area contributed by atoms with Crippen molar-refractivity contribution >= 4 is 45.6 Å². The molecule has 170 valence electrons. The van der Waals surface area contributed by atoms with E-state index in [0.717, 1.165) is 41.1 Å². The molecule has 6 nitrogen and oxygen atoms in total. The summed E-state index contributed by atoms with van der Waals surface area (Å²) in [6.45, 7) is 4.28. The molecule has 1 aromatic heterocycles. The lowest BCUT2D eigenvalue weighted by Gasteiger charge is -2.28. The van der Waals surface area contributed by atoms with E-state index in [0.29, 0.717) is 30.5 Å². The summed E-state index contributed by atoms with van der Waals surface area (Å²) in [5, 5.41) is 1.87. The number of morpholine rings is 1. The number of rotatable bonds is 6. The Labute approximate surface area is 193 Å². The highest BCUT2D eigenvalue weighted by Gasteiger charge is 2.21. The van der Waals surface area contributed by atoms with Crippen LogP contribution < -0.4 is 9.80 Å². The number of anilines is 3. The summed E-state index contributed by atoms with van der Waals surface area (Å²) in [5.41, 5.74) is 1.94. The molecule has 1 amide bonds. The third kappa shape index (κ3) is 5.32. The zero-order valence-electron chi connectivity index (χ0n) is 17.8. The van der Waals surface area contributed by atoms with Gasteiger partial charge in [-0.15, -0.1) is 11.3 Å². The number of allylic oxidation sites excluding steroid dienone is 1. The molecule has 33 heavy (non-hydrogen) atoms. The van der Waals surface area contributed by atoms with Gasteiger partial charge in [-0.05, 0) is 48.6 Å². The topological polar surface area (TPSA) is 62.7 Å². The van der Waals surface area contributed by atoms with Crippen molar-refractivity contribution in [2.75, 3.05) is 36.1 Å². The Morgan fingerprint density at radius 1 is 1.12 bits per heavy atom. The van der Waals surface area contributed by atoms with Gasteiger partial charge in [-0.1, -0.05) is 0 Å². The highest BCUT2D eigenvalue weighted by molar-refractivity contribution is 7.14. The molecule has 0 N–H and O–H groups in total. The van der Waals surface area contributed by atoms with E-state index in [1.165, 1.54) is 25.1 Å². The van der Waals surface area contributed by atoms with Crippen LogP contribution in [0.3, 0.4) is 0 Å². The first-order valence-electron chi connectivity index (χ1n) is 10.3. The van der Waals surface area contributed by atoms with E-state index in [1.54, 1.807) is 17.5 Å². The van der Waals surface area contributed by atoms with Gasteiger partial charge in [0.25, 0.3) is 0 Å². The molecule has 1 saturated heterocycles. The summed E-state index contributed by atoms with van der Waals surface area (Å²) in [6.07, 6.45) is 2.94. The molecule has 0 spiro atoms. The minimum Gasteiger partial charge on any atom is -0.378 e. The zero-order chi connectivity index (χ0) is 23.4. The highest BCUT2D eigenvalue weighted by atomic mass is 32.1. The fraction of sp³-hybridized carbons (Fsp3) is 0.208. The molecule has 0 unspecified atom stereocenters. The number of nitrogens with zero attached hydrogens (tertiary/aromatic N) is 3. The second-order valence-corrected chi connectivity index (χ2v) is 8.19. The van der Waals surface area contributed by atoms with Gasteiger partial charge in [0.15, 0.2) is 10.9 Å². The first kappa shape index (κ1) is 22.8. The molecule has 9 heteroatoms. The molecule has 4 rings (SSSR count). The molecular formula is C24H21F2N3O3S. The van der Waals surface area contributed by atoms with Gasteiger partial charge in [0.1, 0.15) is 11.6 Å². The smallest absolute Gasteiger partial charge is 0.230 e. The van der Waals surface area contributed by atoms with Crippen LogP contribution in [0.2, 0.25) is 0 Å². The molecule has 2 aromatic carbocycles. The molecule has 2 heterocycles. The molecule has 1 fully saturated rings. The van der Waals surface area contributed by atoms with Crippen molar-refractivity contribution in [1.29, 1.82) is 0 Å². The summed E-state index contributed by atoms with van der Waals surface area (Å²) < 4.78 is 32.8. The monoisotopic (exact) mass is 469 g/mol. The third-order valence-corrected chi connectivity index (χ3v) is 5.94. The highest BCUT2D eigenvalue weighted by Crippen LogP contribution is 2.31. The van der Waals surface area contributed by atoms with Crippen LogP contribution in [0, 0.1) is 11.6 Å². The first-order valence-corrected chi connectivity index (χ1v) is 11.2. The van der Waals surface area contributed by atoms with Gasteiger partial charge in [-0.25, -0.2) is 13.8 Å². The lowest BCUT2D eigenvalue weighted by atomic mass is 10.1. The van der Waals surface area contributed by atoms with Gasteiger partial charge in [-0.2, -0.15) is 0 Å². The van der Waals surface area contributed by atoms with E-state index < -0.39 is 17.5 Å². The van der Waals surface area contributed by atoms with E-state index in [2.05, 4.69) is 9.88 Å². The number of amides is 1. The number of aromatic nitrogens is 1. The second kappa shape index (κ2) is 10.0. The lowest BCUT2D eigenvalue weighted by Crippen LogP contribution is -2.36. The van der Waals surface area contributed by atoms with Crippen molar-refractivity contribution in [3.8, 4) is 0 Å². The predicted octanol–water partition coefficient (Wildman–Crippen LogP) is 4.84. The van der Waals surface area contributed by atoms with Crippen LogP contribution in [0.1, 0.15) is 23.0 Å². The van der Waals surface area contributed by atoms with E-state index in [9.17, 15) is 18.4 Å². The summed E-state index contributed by atoms with van der Waals surface area (Å²) >= 11 is 1.11. The Balaban J connectivity index is 1.47. The standard InChI is InChI=1S/C24H21F2N3O3S/c1-16(30)29(22-8-4-18(25)14-21(22)26)24-27-19(15-33-24)5-9-23(31)17-2-6-20(7-3-17)28-10-12-32-13-11-28/h2-9,14-15H,10-13H2,1H3/b9-5+. The number of carbonyl (C=O) groups is 2. The van der Waals surface area contributed by atoms with E-state index in [-0.39, 0.29) is 16.6 Å². The fourth-order valence-electron chi connectivity index (χ4n) is 3.44. The molecule has 0 radical (unpaired) electrons. The van der Waals surface area contributed by atoms with Gasteiger partial charge in [0.2, 0.25) is 5.91 Å². The molecular weight excluding hydrogens is 448 g/mol. The average molecular weight is 470 g/mol. The Morgan fingerprint density at radius 2 is 1.85 bits per heavy atom. The maximum atomic E-state index is 14.2. The summed E-state index contributed by atoms with van der Waals surface area (Å²) in [6, 6.07) is 10.4. The number of hydrogen-bond donors (Lipinski definition) is 0. The van der Waals surface area contributed by atoms with E-state index in [1.807, 2.05) is 12.1 Å². The molecule has 0 atom stereocenters. The van der Waals surface area contributed by atoms with Crippen LogP contribution >= 0.6 is 11.3 Å². The second-order valence-electron chi connectivity index (χ2n) is 7.35. The summed E-state index contributed by atoms with van der Waals surface area (Å²) in [7, 11) is 0. The number of ether oxygens (including phenoxy) is 1. The maximum absolute atomic E-state index is 14.2. The number of halogens is 2. The molecule has 0 aliphatic carbocycles. The number of benzene rings is 2. The molecule has 1 aliphatic rings. The predicted molar refractivity (Wildman–Crippen MR) is 124 cm³/mol. The Bertz CT molecular complexity index is 1190. The lowest BCUT2D eigenvalue weighted by molar-refractivity contribution is -0.115. The summed E-state index contributed by atoms with van der Waals surface area (Å²) in [4.78, 5) is 32.3. The van der Waals surface area contributed by atoms with Crippen molar-refractivity contribution in [2.24, 2.45) is 0 Å². The maximum Gasteiger partial charge on any atom is 0.230 e. The van der Waals surface area contributed by atoms with Crippen molar-refractivity contribution in [3.05, 3.63) is 76.8 Å². The first-order chi connectivity index (χ1) is 15.9. The quantitative estimate of drug-likeness (QED) is 0.382. The van der Waals surface area contributed by atoms with Crippen LogP contribution in [0.5, 0.6) is 0 Å². The minimum absolute atomic E-state index is 0.0924. The summed E-state index contributed by atoms with van der Waals surface area (Å²) in [5.74, 6) is -2.26. The zero-order valence-corrected chi connectivity index (χ0v) is 18.6. The Morgan fingerprint density at radius 3 is 2.52 bits per heavy atom. The van der Waals surface area contributed by atoms with Crippen LogP contribution in [-0.2, 0) is 9.53 Å². The van der Waals surface area contributed by atoms with Gasteiger partial charge in [0.05, 0.1) is 24.6 Å². The molecule has 3 aromatic rings. The number of thiazole rings is 1. The SMILES string of the molecule is CC(=O)N(c1nc(/C=C/C(=O)c2ccc(N3CCOCC3)cc2)cs1)c1ccc(F)cc1F. The minimum atomic E-state index is -0.867. The number of ketones is 1. The Hall–Kier alpha value is -3.43. The van der Waals surface area contributed by atoms with Crippen molar-refractivity contribution < 1.29 is 23.1 Å². The van der Waals surface area contributed by atoms with Gasteiger partial charge in [0, 0.05) is 42.7 Å². The van der Waals surface area contributed by atoms with Gasteiger partial charge >= 0.3 is 0 Å². The van der Waals surface area contributed by atoms with E-state index in [4.69, 9.17) is 4.74 Å². The molecule has 0 saturated carbocycles. The van der Waals surface area contributed by atoms with Crippen LogP contribution in [0.25, 0.3) is 6.08 Å². The van der Waals surface area contributed by atoms with Gasteiger partial charge < -0.3 is 9.64 Å². The number of hydrogen-bond acceptors (Lipinski definition) is 6. The van der Waals surface area contributed by atoms with Gasteiger partial charge in [-0.3, -0.25) is 14.5 Å². The van der Waals surface area contributed by atoms with Crippen molar-refractivity contribution in [1.82, 2.24) is 4.98 Å². The largest absolute Gasteiger partial charge is 0.378 e. The van der Waals surface area contributed by atoms with Crippen LogP contribution in [0.4, 0.5) is 25.3 Å². The van der Waals surface area contributed by atoms with Crippen LogP contribution in [-0.4, -0.2) is 43.0 Å². The average Bonchev–Trinajstić information content (AvgIpc) is 3.28. The number of carbonyl (C=O) groups excluding carboxylic acids is 2. The fourth-order valence-corrected chi connectivity index (χ4v) is 4.29. The third-order valence-electron chi connectivity index (χ3n) is 5.10. The van der Waals surface area contributed by atoms with E-state index >= 15 is 0 Å². The normalized spacial score (nSPS) is 14.0. The van der Waals surface area contributed by atoms with Crippen LogP contribution in [0.15, 0.2) is 53.9 Å². The van der Waals surface area contributed by atoms with Crippen molar-refractivity contribution in [3.63, 3.8) is 0 Å². The van der Waals surface area contributed by atoms with Crippen molar-refractivity contribution in [2.45, 2.75) is 6.92 Å².